The van der Waals surface area contributed by atoms with E-state index in [1.54, 1.807) is 5.38 Å². The van der Waals surface area contributed by atoms with Crippen LogP contribution in [0.1, 0.15) is 36.4 Å². The minimum absolute atomic E-state index is 0.0610. The summed E-state index contributed by atoms with van der Waals surface area (Å²) < 4.78 is 32.1. The van der Waals surface area contributed by atoms with E-state index >= 15 is 0 Å². The van der Waals surface area contributed by atoms with Gasteiger partial charge in [0.2, 0.25) is 10.0 Å². The number of carbonyl (C=O) groups is 1. The van der Waals surface area contributed by atoms with Crippen molar-refractivity contribution in [3.63, 3.8) is 0 Å². The first kappa shape index (κ1) is 17.1. The Labute approximate surface area is 123 Å². The molecule has 0 saturated heterocycles. The third-order valence-corrected chi connectivity index (χ3v) is 6.03. The lowest BCUT2D eigenvalue weighted by Crippen LogP contribution is -2.52. The molecule has 0 fully saturated rings. The van der Waals surface area contributed by atoms with Gasteiger partial charge in [-0.15, -0.1) is 11.3 Å². The van der Waals surface area contributed by atoms with Crippen molar-refractivity contribution in [1.29, 1.82) is 0 Å². The summed E-state index contributed by atoms with van der Waals surface area (Å²) in [6.07, 6.45) is 1.13. The molecule has 0 spiro atoms. The van der Waals surface area contributed by atoms with Gasteiger partial charge in [-0.3, -0.25) is 0 Å². The predicted octanol–water partition coefficient (Wildman–Crippen LogP) is 1.33. The molecule has 3 N–H and O–H groups in total. The number of nitrogens with two attached hydrogens (primary N) is 1. The maximum absolute atomic E-state index is 12.5. The molecular weight excluding hydrogens is 300 g/mol. The van der Waals surface area contributed by atoms with Crippen molar-refractivity contribution in [2.45, 2.75) is 37.1 Å². The van der Waals surface area contributed by atoms with Gasteiger partial charge in [0.15, 0.2) is 0 Å². The summed E-state index contributed by atoms with van der Waals surface area (Å²) >= 11 is 1.03. The molecule has 1 aromatic heterocycles. The summed E-state index contributed by atoms with van der Waals surface area (Å²) in [7, 11) is -2.60. The number of esters is 1. The number of thiophene rings is 1. The summed E-state index contributed by atoms with van der Waals surface area (Å²) in [6.45, 7) is 3.93. The van der Waals surface area contributed by atoms with Crippen LogP contribution < -0.4 is 10.5 Å². The van der Waals surface area contributed by atoms with Crippen molar-refractivity contribution in [2.75, 3.05) is 13.7 Å². The molecule has 0 aliphatic carbocycles. The Morgan fingerprint density at radius 1 is 1.45 bits per heavy atom. The molecule has 8 heteroatoms. The van der Waals surface area contributed by atoms with Gasteiger partial charge in [0.1, 0.15) is 9.77 Å². The van der Waals surface area contributed by atoms with Gasteiger partial charge in [-0.25, -0.2) is 17.9 Å². The van der Waals surface area contributed by atoms with Crippen LogP contribution in [0.5, 0.6) is 0 Å². The fraction of sp³-hybridized carbons (Fsp3) is 0.583. The Morgan fingerprint density at radius 2 is 2.05 bits per heavy atom. The second kappa shape index (κ2) is 6.66. The molecule has 20 heavy (non-hydrogen) atoms. The van der Waals surface area contributed by atoms with Crippen LogP contribution in [0.25, 0.3) is 0 Å². The van der Waals surface area contributed by atoms with E-state index in [1.807, 2.05) is 13.8 Å². The molecular formula is C12H20N2O4S2. The van der Waals surface area contributed by atoms with Crippen molar-refractivity contribution < 1.29 is 17.9 Å². The minimum Gasteiger partial charge on any atom is -0.465 e. The number of hydrogen-bond donors (Lipinski definition) is 2. The van der Waals surface area contributed by atoms with Crippen molar-refractivity contribution in [3.8, 4) is 0 Å². The molecule has 114 valence electrons. The van der Waals surface area contributed by atoms with Gasteiger partial charge in [0.25, 0.3) is 0 Å². The highest BCUT2D eigenvalue weighted by molar-refractivity contribution is 7.89. The van der Waals surface area contributed by atoms with Crippen LogP contribution >= 0.6 is 11.3 Å². The number of hydrogen-bond acceptors (Lipinski definition) is 6. The van der Waals surface area contributed by atoms with Crippen LogP contribution in [-0.2, 0) is 14.8 Å². The maximum Gasteiger partial charge on any atom is 0.349 e. The third-order valence-electron chi connectivity index (χ3n) is 3.38. The molecule has 1 heterocycles. The number of ether oxygens (including phenoxy) is 1. The Kier molecular flexibility index (Phi) is 5.69. The normalized spacial score (nSPS) is 12.4. The van der Waals surface area contributed by atoms with Crippen molar-refractivity contribution in [3.05, 3.63) is 16.3 Å². The predicted molar refractivity (Wildman–Crippen MR) is 78.3 cm³/mol. The molecule has 1 rings (SSSR count). The van der Waals surface area contributed by atoms with Gasteiger partial charge in [-0.1, -0.05) is 13.8 Å². The molecule has 0 radical (unpaired) electrons. The summed E-state index contributed by atoms with van der Waals surface area (Å²) in [4.78, 5) is 11.6. The molecule has 0 saturated carbocycles. The lowest BCUT2D eigenvalue weighted by atomic mass is 9.95. The molecule has 0 aliphatic rings. The molecule has 0 unspecified atom stereocenters. The third kappa shape index (κ3) is 3.38. The second-order valence-corrected chi connectivity index (χ2v) is 6.97. The number of methoxy groups -OCH3 is 1. The van der Waals surface area contributed by atoms with Gasteiger partial charge in [-0.05, 0) is 24.3 Å². The summed E-state index contributed by atoms with van der Waals surface area (Å²) in [6, 6.07) is 1.39. The Bertz CT molecular complexity index is 554. The van der Waals surface area contributed by atoms with Gasteiger partial charge < -0.3 is 10.5 Å². The Hall–Kier alpha value is -0.960. The highest BCUT2D eigenvalue weighted by Gasteiger charge is 2.33. The van der Waals surface area contributed by atoms with Gasteiger partial charge >= 0.3 is 5.97 Å². The molecule has 0 aliphatic heterocycles. The average Bonchev–Trinajstić information content (AvgIpc) is 2.94. The van der Waals surface area contributed by atoms with Gasteiger partial charge in [-0.2, -0.15) is 0 Å². The van der Waals surface area contributed by atoms with Crippen molar-refractivity contribution in [2.24, 2.45) is 5.73 Å². The fourth-order valence-corrected chi connectivity index (χ4v) is 4.71. The van der Waals surface area contributed by atoms with E-state index in [-0.39, 0.29) is 16.3 Å². The van der Waals surface area contributed by atoms with E-state index in [0.29, 0.717) is 12.8 Å². The number of rotatable bonds is 7. The zero-order valence-corrected chi connectivity index (χ0v) is 13.4. The van der Waals surface area contributed by atoms with Gasteiger partial charge in [0.05, 0.1) is 7.11 Å². The monoisotopic (exact) mass is 320 g/mol. The van der Waals surface area contributed by atoms with Crippen LogP contribution in [0.15, 0.2) is 16.3 Å². The Balaban J connectivity index is 3.18. The van der Waals surface area contributed by atoms with E-state index < -0.39 is 21.5 Å². The smallest absolute Gasteiger partial charge is 0.349 e. The van der Waals surface area contributed by atoms with Gasteiger partial charge in [0, 0.05) is 12.1 Å². The van der Waals surface area contributed by atoms with E-state index in [9.17, 15) is 13.2 Å². The molecule has 0 aromatic carbocycles. The SMILES string of the molecule is CCC(CC)(CN)NS(=O)(=O)c1ccsc1C(=O)OC. The van der Waals surface area contributed by atoms with Crippen LogP contribution in [0.4, 0.5) is 0 Å². The molecule has 0 amide bonds. The highest BCUT2D eigenvalue weighted by Crippen LogP contribution is 2.25. The van der Waals surface area contributed by atoms with Crippen LogP contribution in [0.3, 0.4) is 0 Å². The quantitative estimate of drug-likeness (QED) is 0.739. The molecule has 0 atom stereocenters. The van der Waals surface area contributed by atoms with Crippen molar-refractivity contribution >= 4 is 27.3 Å². The highest BCUT2D eigenvalue weighted by atomic mass is 32.2. The number of sulfonamides is 1. The molecule has 6 nitrogen and oxygen atoms in total. The van der Waals surface area contributed by atoms with E-state index in [2.05, 4.69) is 9.46 Å². The maximum atomic E-state index is 12.5. The lowest BCUT2D eigenvalue weighted by molar-refractivity contribution is 0.0602. The number of carbonyl (C=O) groups excluding carboxylic acids is 1. The zero-order chi connectivity index (χ0) is 15.4. The summed E-state index contributed by atoms with van der Waals surface area (Å²) in [5.41, 5.74) is 5.00. The standard InChI is InChI=1S/C12H20N2O4S2/c1-4-12(5-2,8-13)14-20(16,17)9-6-7-19-10(9)11(15)18-3/h6-7,14H,4-5,8,13H2,1-3H3. The first-order chi connectivity index (χ1) is 9.35. The average molecular weight is 320 g/mol. The summed E-state index contributed by atoms with van der Waals surface area (Å²) in [5, 5.41) is 1.54. The van der Waals surface area contributed by atoms with E-state index in [1.165, 1.54) is 13.2 Å². The van der Waals surface area contributed by atoms with E-state index in [0.717, 1.165) is 11.3 Å². The zero-order valence-electron chi connectivity index (χ0n) is 11.8. The first-order valence-corrected chi connectivity index (χ1v) is 8.62. The topological polar surface area (TPSA) is 98.5 Å². The lowest BCUT2D eigenvalue weighted by Gasteiger charge is -2.30. The second-order valence-electron chi connectivity index (χ2n) is 4.40. The fourth-order valence-electron chi connectivity index (χ4n) is 1.82. The van der Waals surface area contributed by atoms with Crippen molar-refractivity contribution in [1.82, 2.24) is 4.72 Å². The van der Waals surface area contributed by atoms with E-state index in [4.69, 9.17) is 5.73 Å². The van der Waals surface area contributed by atoms with Crippen LogP contribution in [0.2, 0.25) is 0 Å². The van der Waals surface area contributed by atoms with Crippen LogP contribution in [0, 0.1) is 0 Å². The Morgan fingerprint density at radius 3 is 2.50 bits per heavy atom. The van der Waals surface area contributed by atoms with Crippen LogP contribution in [-0.4, -0.2) is 33.6 Å². The molecule has 1 aromatic rings. The molecule has 0 bridgehead atoms. The largest absolute Gasteiger partial charge is 0.465 e. The summed E-state index contributed by atoms with van der Waals surface area (Å²) in [5.74, 6) is -0.660. The number of nitrogens with one attached hydrogen (secondary N) is 1. The minimum atomic E-state index is -3.82. The first-order valence-electron chi connectivity index (χ1n) is 6.25.